The molecule has 0 bridgehead atoms. The Kier molecular flexibility index (Phi) is 6.69. The van der Waals surface area contributed by atoms with E-state index in [1.54, 1.807) is 4.57 Å². The molecule has 5 N–H and O–H groups in total. The van der Waals surface area contributed by atoms with E-state index in [0.717, 1.165) is 19.3 Å². The molecule has 0 spiro atoms. The fourth-order valence-corrected chi connectivity index (χ4v) is 5.26. The SMILES string of the molecule is NC(=O)[C@H]1CC[C@@H](n2c(Nc3c(F)cc(F)cc3F)nc3cnc(N[C@H]4CCC[C@H](O)C4)nc32)CC1. The van der Waals surface area contributed by atoms with Gasteiger partial charge in [0.15, 0.2) is 17.3 Å². The molecule has 2 fully saturated rings. The molecular weight excluding hydrogens is 475 g/mol. The summed E-state index contributed by atoms with van der Waals surface area (Å²) >= 11 is 0. The monoisotopic (exact) mass is 503 g/mol. The fourth-order valence-electron chi connectivity index (χ4n) is 5.26. The predicted molar refractivity (Wildman–Crippen MR) is 127 cm³/mol. The number of halogens is 3. The minimum atomic E-state index is -1.09. The first-order valence-corrected chi connectivity index (χ1v) is 12.2. The van der Waals surface area contributed by atoms with E-state index in [4.69, 9.17) is 5.73 Å². The van der Waals surface area contributed by atoms with Gasteiger partial charge in [-0.2, -0.15) is 4.98 Å². The van der Waals surface area contributed by atoms with E-state index in [2.05, 4.69) is 25.6 Å². The number of nitrogens with two attached hydrogens (primary N) is 1. The molecule has 2 heterocycles. The summed E-state index contributed by atoms with van der Waals surface area (Å²) in [5.41, 5.74) is 5.82. The number of aliphatic hydroxyl groups excluding tert-OH is 1. The van der Waals surface area contributed by atoms with E-state index in [0.29, 0.717) is 61.3 Å². The third-order valence-electron chi connectivity index (χ3n) is 7.12. The Bertz CT molecular complexity index is 1250. The maximum atomic E-state index is 14.4. The Morgan fingerprint density at radius 3 is 2.44 bits per heavy atom. The standard InChI is InChI=1S/C24H28F3N7O2/c25-13-8-17(26)20(18(27)9-13)32-24-31-19-11-29-23(30-14-2-1-3-16(35)10-14)33-22(19)34(24)15-6-4-12(5-7-15)21(28)36/h8-9,11-12,14-16,35H,1-7,10H2,(H2,28,36)(H,31,32)(H,29,30,33)/t12-,14-,15+,16-/m0/s1. The van der Waals surface area contributed by atoms with E-state index < -0.39 is 23.1 Å². The van der Waals surface area contributed by atoms with Crippen molar-refractivity contribution in [2.45, 2.75) is 69.6 Å². The number of carbonyl (C=O) groups is 1. The molecule has 36 heavy (non-hydrogen) atoms. The number of nitrogens with one attached hydrogen (secondary N) is 2. The van der Waals surface area contributed by atoms with Crippen LogP contribution in [0, 0.1) is 23.4 Å². The van der Waals surface area contributed by atoms with Crippen molar-refractivity contribution in [3.05, 3.63) is 35.8 Å². The summed E-state index contributed by atoms with van der Waals surface area (Å²) in [6.45, 7) is 0. The first-order chi connectivity index (χ1) is 17.3. The van der Waals surface area contributed by atoms with Crippen molar-refractivity contribution < 1.29 is 23.1 Å². The molecule has 1 aromatic carbocycles. The van der Waals surface area contributed by atoms with Crippen molar-refractivity contribution in [1.29, 1.82) is 0 Å². The lowest BCUT2D eigenvalue weighted by Gasteiger charge is -2.29. The van der Waals surface area contributed by atoms with Crippen LogP contribution in [0.15, 0.2) is 18.3 Å². The van der Waals surface area contributed by atoms with E-state index in [1.165, 1.54) is 6.20 Å². The number of hydrogen-bond donors (Lipinski definition) is 4. The molecule has 0 aliphatic heterocycles. The molecule has 192 valence electrons. The van der Waals surface area contributed by atoms with E-state index >= 15 is 0 Å². The summed E-state index contributed by atoms with van der Waals surface area (Å²) in [7, 11) is 0. The molecule has 2 aliphatic rings. The van der Waals surface area contributed by atoms with Crippen molar-refractivity contribution in [2.24, 2.45) is 11.7 Å². The summed E-state index contributed by atoms with van der Waals surface area (Å²) in [4.78, 5) is 25.2. The topological polar surface area (TPSA) is 131 Å². The van der Waals surface area contributed by atoms with Crippen LogP contribution in [-0.4, -0.2) is 42.7 Å². The number of hydrogen-bond acceptors (Lipinski definition) is 7. The van der Waals surface area contributed by atoms with Gasteiger partial charge in [0.05, 0.1) is 12.3 Å². The molecule has 2 saturated carbocycles. The molecule has 0 radical (unpaired) electrons. The molecule has 3 aromatic rings. The third kappa shape index (κ3) is 4.95. The van der Waals surface area contributed by atoms with Gasteiger partial charge in [-0.1, -0.05) is 0 Å². The third-order valence-corrected chi connectivity index (χ3v) is 7.12. The van der Waals surface area contributed by atoms with Crippen molar-refractivity contribution in [2.75, 3.05) is 10.6 Å². The Morgan fingerprint density at radius 1 is 1.06 bits per heavy atom. The number of nitrogens with zero attached hydrogens (tertiary/aromatic N) is 4. The van der Waals surface area contributed by atoms with E-state index in [-0.39, 0.29) is 36.0 Å². The Hall–Kier alpha value is -3.41. The summed E-state index contributed by atoms with van der Waals surface area (Å²) in [5, 5.41) is 15.9. The number of anilines is 3. The zero-order valence-electron chi connectivity index (χ0n) is 19.6. The lowest BCUT2D eigenvalue weighted by molar-refractivity contribution is -0.122. The molecule has 2 aliphatic carbocycles. The molecule has 1 amide bonds. The second-order valence-corrected chi connectivity index (χ2v) is 9.65. The first-order valence-electron chi connectivity index (χ1n) is 12.2. The molecule has 0 unspecified atom stereocenters. The number of aromatic nitrogens is 4. The molecule has 12 heteroatoms. The fraction of sp³-hybridized carbons (Fsp3) is 0.500. The lowest BCUT2D eigenvalue weighted by Crippen LogP contribution is -2.30. The number of aliphatic hydroxyl groups is 1. The van der Waals surface area contributed by atoms with Gasteiger partial charge in [0.1, 0.15) is 17.0 Å². The van der Waals surface area contributed by atoms with Crippen LogP contribution in [0.4, 0.5) is 30.8 Å². The highest BCUT2D eigenvalue weighted by atomic mass is 19.1. The summed E-state index contributed by atoms with van der Waals surface area (Å²) < 4.78 is 44.1. The van der Waals surface area contributed by atoms with Crippen LogP contribution in [0.25, 0.3) is 11.2 Å². The summed E-state index contributed by atoms with van der Waals surface area (Å²) in [6, 6.07) is 1.04. The lowest BCUT2D eigenvalue weighted by atomic mass is 9.85. The molecular formula is C24H28F3N7O2. The van der Waals surface area contributed by atoms with Crippen molar-refractivity contribution in [3.63, 3.8) is 0 Å². The number of carbonyl (C=O) groups excluding carboxylic acids is 1. The number of fused-ring (bicyclic) bond motifs is 1. The van der Waals surface area contributed by atoms with Gasteiger partial charge in [-0.25, -0.2) is 23.1 Å². The van der Waals surface area contributed by atoms with Gasteiger partial charge in [0, 0.05) is 30.1 Å². The van der Waals surface area contributed by atoms with Gasteiger partial charge in [-0.3, -0.25) is 9.36 Å². The Morgan fingerprint density at radius 2 is 1.78 bits per heavy atom. The molecule has 5 rings (SSSR count). The average Bonchev–Trinajstić information content (AvgIpc) is 3.18. The van der Waals surface area contributed by atoms with Crippen LogP contribution < -0.4 is 16.4 Å². The highest BCUT2D eigenvalue weighted by Gasteiger charge is 2.30. The molecule has 2 atom stereocenters. The largest absolute Gasteiger partial charge is 0.393 e. The van der Waals surface area contributed by atoms with Crippen LogP contribution in [0.1, 0.15) is 57.4 Å². The summed E-state index contributed by atoms with van der Waals surface area (Å²) in [5.74, 6) is -3.29. The Balaban J connectivity index is 1.51. The molecule has 9 nitrogen and oxygen atoms in total. The van der Waals surface area contributed by atoms with Crippen molar-refractivity contribution in [1.82, 2.24) is 19.5 Å². The zero-order valence-corrected chi connectivity index (χ0v) is 19.6. The molecule has 2 aromatic heterocycles. The average molecular weight is 504 g/mol. The number of amides is 1. The number of primary amides is 1. The van der Waals surface area contributed by atoms with Gasteiger partial charge in [-0.15, -0.1) is 0 Å². The van der Waals surface area contributed by atoms with Gasteiger partial charge in [0.25, 0.3) is 0 Å². The van der Waals surface area contributed by atoms with Crippen molar-refractivity contribution in [3.8, 4) is 0 Å². The second-order valence-electron chi connectivity index (χ2n) is 9.65. The maximum absolute atomic E-state index is 14.4. The van der Waals surface area contributed by atoms with Gasteiger partial charge < -0.3 is 21.5 Å². The number of rotatable bonds is 6. The summed E-state index contributed by atoms with van der Waals surface area (Å²) in [6.07, 6.45) is 6.59. The van der Waals surface area contributed by atoms with Crippen LogP contribution in [-0.2, 0) is 4.79 Å². The van der Waals surface area contributed by atoms with E-state index in [9.17, 15) is 23.1 Å². The molecule has 0 saturated heterocycles. The quantitative estimate of drug-likeness (QED) is 0.401. The normalized spacial score (nSPS) is 24.6. The van der Waals surface area contributed by atoms with Crippen LogP contribution in [0.2, 0.25) is 0 Å². The van der Waals surface area contributed by atoms with Gasteiger partial charge >= 0.3 is 0 Å². The number of benzene rings is 1. The zero-order chi connectivity index (χ0) is 25.4. The van der Waals surface area contributed by atoms with Gasteiger partial charge in [0.2, 0.25) is 17.8 Å². The first kappa shape index (κ1) is 24.3. The number of imidazole rings is 1. The smallest absolute Gasteiger partial charge is 0.224 e. The minimum Gasteiger partial charge on any atom is -0.393 e. The van der Waals surface area contributed by atoms with Crippen LogP contribution in [0.3, 0.4) is 0 Å². The minimum absolute atomic E-state index is 0.0218. The second kappa shape index (κ2) is 9.92. The van der Waals surface area contributed by atoms with Crippen LogP contribution >= 0.6 is 0 Å². The van der Waals surface area contributed by atoms with E-state index in [1.807, 2.05) is 0 Å². The maximum Gasteiger partial charge on any atom is 0.224 e. The highest BCUT2D eigenvalue weighted by molar-refractivity contribution is 5.78. The highest BCUT2D eigenvalue weighted by Crippen LogP contribution is 2.37. The van der Waals surface area contributed by atoms with Crippen LogP contribution in [0.5, 0.6) is 0 Å². The van der Waals surface area contributed by atoms with Crippen molar-refractivity contribution >= 4 is 34.7 Å². The van der Waals surface area contributed by atoms with Gasteiger partial charge in [-0.05, 0) is 51.4 Å². The Labute approximate surface area is 205 Å². The predicted octanol–water partition coefficient (Wildman–Crippen LogP) is 3.92.